The van der Waals surface area contributed by atoms with Crippen LogP contribution >= 0.6 is 0 Å². The number of carbonyl (C=O) groups is 2. The van der Waals surface area contributed by atoms with Crippen LogP contribution in [0.1, 0.15) is 58.8 Å². The van der Waals surface area contributed by atoms with Gasteiger partial charge < -0.3 is 24.4 Å². The van der Waals surface area contributed by atoms with E-state index in [1.807, 2.05) is 48.5 Å². The molecule has 3 aromatic rings. The number of carbonyl (C=O) groups excluding carboxylic acids is 2. The van der Waals surface area contributed by atoms with Crippen LogP contribution in [0.4, 0.5) is 5.69 Å². The predicted molar refractivity (Wildman–Crippen MR) is 139 cm³/mol. The highest BCUT2D eigenvalue weighted by molar-refractivity contribution is 6.04. The standard InChI is InChI=1S/C29H32N2O5/c1-17(2)18-7-11-20(12-8-18)30-28(32)26-22-15-24(35-5)25(36-6)16-23(22)29(33)31(3)27(26)19-9-13-21(34-4)14-10-19/h7-17,26-27H,1-6H3,(H,30,32). The quantitative estimate of drug-likeness (QED) is 0.483. The molecule has 188 valence electrons. The summed E-state index contributed by atoms with van der Waals surface area (Å²) in [5, 5.41) is 3.07. The summed E-state index contributed by atoms with van der Waals surface area (Å²) in [5.74, 6) is 0.868. The minimum absolute atomic E-state index is 0.197. The van der Waals surface area contributed by atoms with Crippen LogP contribution in [-0.4, -0.2) is 45.1 Å². The topological polar surface area (TPSA) is 77.1 Å². The van der Waals surface area contributed by atoms with Gasteiger partial charge in [0.1, 0.15) is 5.75 Å². The van der Waals surface area contributed by atoms with Gasteiger partial charge in [-0.15, -0.1) is 0 Å². The summed E-state index contributed by atoms with van der Waals surface area (Å²) in [4.78, 5) is 29.0. The summed E-state index contributed by atoms with van der Waals surface area (Å²) in [6.07, 6.45) is 0. The third kappa shape index (κ3) is 4.61. The molecule has 0 aromatic heterocycles. The van der Waals surface area contributed by atoms with Gasteiger partial charge in [-0.25, -0.2) is 0 Å². The number of benzene rings is 3. The summed E-state index contributed by atoms with van der Waals surface area (Å²) in [7, 11) is 6.37. The zero-order valence-corrected chi connectivity index (χ0v) is 21.5. The average Bonchev–Trinajstić information content (AvgIpc) is 2.90. The van der Waals surface area contributed by atoms with Crippen LogP contribution in [0.2, 0.25) is 0 Å². The molecule has 2 unspecified atom stereocenters. The number of nitrogens with zero attached hydrogens (tertiary/aromatic N) is 1. The first-order chi connectivity index (χ1) is 17.3. The number of hydrogen-bond donors (Lipinski definition) is 1. The van der Waals surface area contributed by atoms with Crippen molar-refractivity contribution in [2.75, 3.05) is 33.7 Å². The molecular weight excluding hydrogens is 456 g/mol. The highest BCUT2D eigenvalue weighted by Gasteiger charge is 2.43. The van der Waals surface area contributed by atoms with Crippen molar-refractivity contribution in [3.05, 3.63) is 82.9 Å². The number of nitrogens with one attached hydrogen (secondary N) is 1. The van der Waals surface area contributed by atoms with E-state index < -0.39 is 12.0 Å². The van der Waals surface area contributed by atoms with Crippen molar-refractivity contribution >= 4 is 17.5 Å². The highest BCUT2D eigenvalue weighted by atomic mass is 16.5. The molecule has 0 aliphatic carbocycles. The van der Waals surface area contributed by atoms with Gasteiger partial charge >= 0.3 is 0 Å². The van der Waals surface area contributed by atoms with Crippen LogP contribution in [0, 0.1) is 0 Å². The van der Waals surface area contributed by atoms with Crippen LogP contribution in [0.5, 0.6) is 17.2 Å². The molecule has 4 rings (SSSR count). The van der Waals surface area contributed by atoms with Crippen LogP contribution in [-0.2, 0) is 4.79 Å². The van der Waals surface area contributed by atoms with Crippen LogP contribution in [0.25, 0.3) is 0 Å². The molecule has 0 fully saturated rings. The Morgan fingerprint density at radius 3 is 2.06 bits per heavy atom. The zero-order valence-electron chi connectivity index (χ0n) is 21.5. The lowest BCUT2D eigenvalue weighted by Gasteiger charge is -2.40. The fourth-order valence-corrected chi connectivity index (χ4v) is 4.72. The monoisotopic (exact) mass is 488 g/mol. The van der Waals surface area contributed by atoms with E-state index in [1.165, 1.54) is 19.8 Å². The fourth-order valence-electron chi connectivity index (χ4n) is 4.72. The summed E-state index contributed by atoms with van der Waals surface area (Å²) < 4.78 is 16.3. The molecule has 1 N–H and O–H groups in total. The molecule has 3 aromatic carbocycles. The molecule has 36 heavy (non-hydrogen) atoms. The number of methoxy groups -OCH3 is 3. The van der Waals surface area contributed by atoms with E-state index in [0.717, 1.165) is 5.56 Å². The van der Waals surface area contributed by atoms with Crippen molar-refractivity contribution in [2.45, 2.75) is 31.7 Å². The smallest absolute Gasteiger partial charge is 0.254 e. The summed E-state index contributed by atoms with van der Waals surface area (Å²) in [5.41, 5.74) is 3.71. The van der Waals surface area contributed by atoms with E-state index >= 15 is 0 Å². The largest absolute Gasteiger partial charge is 0.497 e. The van der Waals surface area contributed by atoms with Crippen molar-refractivity contribution in [3.8, 4) is 17.2 Å². The summed E-state index contributed by atoms with van der Waals surface area (Å²) >= 11 is 0. The molecule has 7 heteroatoms. The van der Waals surface area contributed by atoms with Crippen LogP contribution in [0.15, 0.2) is 60.7 Å². The van der Waals surface area contributed by atoms with Gasteiger partial charge in [0.25, 0.3) is 5.91 Å². The lowest BCUT2D eigenvalue weighted by molar-refractivity contribution is -0.119. The Morgan fingerprint density at radius 1 is 0.889 bits per heavy atom. The van der Waals surface area contributed by atoms with E-state index in [9.17, 15) is 9.59 Å². The van der Waals surface area contributed by atoms with Gasteiger partial charge in [0, 0.05) is 18.3 Å². The number of fused-ring (bicyclic) bond motifs is 1. The molecular formula is C29H32N2O5. The summed E-state index contributed by atoms with van der Waals surface area (Å²) in [6, 6.07) is 18.1. The Hall–Kier alpha value is -4.00. The molecule has 2 amide bonds. The second-order valence-corrected chi connectivity index (χ2v) is 9.17. The number of rotatable bonds is 7. The third-order valence-corrected chi connectivity index (χ3v) is 6.76. The second-order valence-electron chi connectivity index (χ2n) is 9.17. The fraction of sp³-hybridized carbons (Fsp3) is 0.310. The number of likely N-dealkylation sites (N-methyl/N-ethyl adjacent to an activating group) is 1. The molecule has 0 radical (unpaired) electrons. The maximum Gasteiger partial charge on any atom is 0.254 e. The number of hydrogen-bond acceptors (Lipinski definition) is 5. The van der Waals surface area contributed by atoms with E-state index in [1.54, 1.807) is 31.2 Å². The molecule has 0 bridgehead atoms. The van der Waals surface area contributed by atoms with Gasteiger partial charge in [0.05, 0.1) is 33.3 Å². The molecule has 0 saturated carbocycles. The maximum absolute atomic E-state index is 13.9. The molecule has 2 atom stereocenters. The predicted octanol–water partition coefficient (Wildman–Crippen LogP) is 5.39. The van der Waals surface area contributed by atoms with E-state index in [-0.39, 0.29) is 11.8 Å². The van der Waals surface area contributed by atoms with Crippen LogP contribution in [0.3, 0.4) is 0 Å². The third-order valence-electron chi connectivity index (χ3n) is 6.76. The molecule has 1 aliphatic heterocycles. The number of anilines is 1. The van der Waals surface area contributed by atoms with E-state index in [2.05, 4.69) is 19.2 Å². The highest BCUT2D eigenvalue weighted by Crippen LogP contribution is 2.46. The van der Waals surface area contributed by atoms with Gasteiger partial charge in [-0.1, -0.05) is 38.1 Å². The molecule has 0 saturated heterocycles. The van der Waals surface area contributed by atoms with Gasteiger partial charge in [-0.3, -0.25) is 9.59 Å². The van der Waals surface area contributed by atoms with E-state index in [4.69, 9.17) is 14.2 Å². The normalized spacial score (nSPS) is 17.0. The van der Waals surface area contributed by atoms with Crippen LogP contribution < -0.4 is 19.5 Å². The summed E-state index contributed by atoms with van der Waals surface area (Å²) in [6.45, 7) is 4.25. The lowest BCUT2D eigenvalue weighted by Crippen LogP contribution is -2.44. The second kappa shape index (κ2) is 10.3. The van der Waals surface area contributed by atoms with Crippen molar-refractivity contribution < 1.29 is 23.8 Å². The van der Waals surface area contributed by atoms with Gasteiger partial charge in [-0.2, -0.15) is 0 Å². The molecule has 1 heterocycles. The Bertz CT molecular complexity index is 1250. The molecule has 1 aliphatic rings. The van der Waals surface area contributed by atoms with Gasteiger partial charge in [0.15, 0.2) is 11.5 Å². The molecule has 7 nitrogen and oxygen atoms in total. The first-order valence-corrected chi connectivity index (χ1v) is 11.9. The average molecular weight is 489 g/mol. The van der Waals surface area contributed by atoms with E-state index in [0.29, 0.717) is 40.0 Å². The lowest BCUT2D eigenvalue weighted by atomic mass is 9.79. The Labute approximate surface area is 212 Å². The van der Waals surface area contributed by atoms with Crippen molar-refractivity contribution in [1.29, 1.82) is 0 Å². The minimum Gasteiger partial charge on any atom is -0.497 e. The maximum atomic E-state index is 13.9. The van der Waals surface area contributed by atoms with Crippen molar-refractivity contribution in [3.63, 3.8) is 0 Å². The first-order valence-electron chi connectivity index (χ1n) is 11.9. The number of ether oxygens (including phenoxy) is 3. The van der Waals surface area contributed by atoms with Crippen molar-refractivity contribution in [2.24, 2.45) is 0 Å². The zero-order chi connectivity index (χ0) is 26.0. The Kier molecular flexibility index (Phi) is 7.20. The van der Waals surface area contributed by atoms with Crippen molar-refractivity contribution in [1.82, 2.24) is 4.90 Å². The van der Waals surface area contributed by atoms with Gasteiger partial charge in [-0.05, 0) is 59.0 Å². The Balaban J connectivity index is 1.82. The van der Waals surface area contributed by atoms with Gasteiger partial charge in [0.2, 0.25) is 5.91 Å². The molecule has 0 spiro atoms. The SMILES string of the molecule is COc1ccc(C2C(C(=O)Nc3ccc(C(C)C)cc3)c3cc(OC)c(OC)cc3C(=O)N2C)cc1. The number of amides is 2. The Morgan fingerprint density at radius 2 is 1.50 bits per heavy atom. The first kappa shape index (κ1) is 25.1. The minimum atomic E-state index is -0.694.